The average Bonchev–Trinajstić information content (AvgIpc) is 2.82. The first-order valence-corrected chi connectivity index (χ1v) is 7.27. The summed E-state index contributed by atoms with van der Waals surface area (Å²) in [5, 5.41) is 0. The van der Waals surface area contributed by atoms with E-state index >= 15 is 0 Å². The van der Waals surface area contributed by atoms with Crippen molar-refractivity contribution in [1.82, 2.24) is 4.90 Å². The Bertz CT molecular complexity index is 365. The van der Waals surface area contributed by atoms with Gasteiger partial charge in [-0.3, -0.25) is 4.79 Å². The van der Waals surface area contributed by atoms with E-state index in [2.05, 4.69) is 0 Å². The van der Waals surface area contributed by atoms with Crippen LogP contribution in [0.15, 0.2) is 0 Å². The largest absolute Gasteiger partial charge is 0.353 e. The summed E-state index contributed by atoms with van der Waals surface area (Å²) in [4.78, 5) is 13.3. The van der Waals surface area contributed by atoms with Gasteiger partial charge in [-0.05, 0) is 13.8 Å². The summed E-state index contributed by atoms with van der Waals surface area (Å²) in [5.74, 6) is -0.316. The van der Waals surface area contributed by atoms with Gasteiger partial charge in [-0.1, -0.05) is 0 Å². The molecule has 0 saturated carbocycles. The van der Waals surface area contributed by atoms with Crippen molar-refractivity contribution in [2.75, 3.05) is 26.1 Å². The fourth-order valence-electron chi connectivity index (χ4n) is 2.68. The Labute approximate surface area is 124 Å². The molecule has 7 heteroatoms. The first-order chi connectivity index (χ1) is 9.38. The number of hydrogen-bond donors (Lipinski definition) is 0. The lowest BCUT2D eigenvalue weighted by Gasteiger charge is -2.27. The van der Waals surface area contributed by atoms with Gasteiger partial charge in [0.2, 0.25) is 5.91 Å². The van der Waals surface area contributed by atoms with Gasteiger partial charge >= 0.3 is 0 Å². The summed E-state index contributed by atoms with van der Waals surface area (Å²) < 4.78 is 22.8. The summed E-state index contributed by atoms with van der Waals surface area (Å²) in [6, 6.07) is 0. The van der Waals surface area contributed by atoms with Crippen LogP contribution < -0.4 is 0 Å². The molecule has 0 aromatic carbocycles. The molecule has 116 valence electrons. The first kappa shape index (κ1) is 16.0. The molecule has 0 aromatic rings. The highest BCUT2D eigenvalue weighted by Crippen LogP contribution is 2.39. The van der Waals surface area contributed by atoms with Gasteiger partial charge in [-0.25, -0.2) is 0 Å². The molecule has 0 bridgehead atoms. The minimum Gasteiger partial charge on any atom is -0.353 e. The molecule has 0 spiro atoms. The van der Waals surface area contributed by atoms with Crippen molar-refractivity contribution in [3.63, 3.8) is 0 Å². The Morgan fingerprint density at radius 3 is 2.55 bits per heavy atom. The van der Waals surface area contributed by atoms with Crippen molar-refractivity contribution in [2.24, 2.45) is 0 Å². The smallest absolute Gasteiger partial charge is 0.219 e. The number of fused-ring (bicyclic) bond motifs is 1. The first-order valence-electron chi connectivity index (χ1n) is 6.73. The molecule has 6 nitrogen and oxygen atoms in total. The van der Waals surface area contributed by atoms with E-state index in [0.29, 0.717) is 19.0 Å². The molecule has 0 radical (unpaired) electrons. The molecule has 2 aliphatic rings. The molecular formula is C13H22ClNO5. The fourth-order valence-corrected chi connectivity index (χ4v) is 2.88. The van der Waals surface area contributed by atoms with Gasteiger partial charge in [0.15, 0.2) is 12.1 Å². The van der Waals surface area contributed by atoms with Crippen molar-refractivity contribution in [3.8, 4) is 0 Å². The molecule has 0 aliphatic carbocycles. The van der Waals surface area contributed by atoms with Crippen LogP contribution in [0.3, 0.4) is 0 Å². The minimum atomic E-state index is -0.665. The summed E-state index contributed by atoms with van der Waals surface area (Å²) in [6.45, 7) is 6.13. The van der Waals surface area contributed by atoms with Crippen LogP contribution in [-0.4, -0.2) is 67.3 Å². The molecule has 0 aromatic heterocycles. The lowest BCUT2D eigenvalue weighted by atomic mass is 10.1. The lowest BCUT2D eigenvalue weighted by Crippen LogP contribution is -2.42. The van der Waals surface area contributed by atoms with E-state index in [-0.39, 0.29) is 24.2 Å². The number of nitrogens with zero attached hydrogens (tertiary/aromatic N) is 1. The predicted molar refractivity (Wildman–Crippen MR) is 72.5 cm³/mol. The maximum absolute atomic E-state index is 11.6. The van der Waals surface area contributed by atoms with Gasteiger partial charge in [0.05, 0.1) is 0 Å². The van der Waals surface area contributed by atoms with E-state index in [1.807, 2.05) is 13.8 Å². The number of alkyl halides is 1. The molecule has 2 heterocycles. The molecular weight excluding hydrogens is 286 g/mol. The quantitative estimate of drug-likeness (QED) is 0.708. The number of ether oxygens (including phenoxy) is 4. The van der Waals surface area contributed by atoms with Gasteiger partial charge < -0.3 is 23.8 Å². The Hall–Kier alpha value is -0.400. The van der Waals surface area contributed by atoms with Crippen LogP contribution in [0.1, 0.15) is 20.8 Å². The van der Waals surface area contributed by atoms with E-state index in [1.54, 1.807) is 12.0 Å². The van der Waals surface area contributed by atoms with E-state index < -0.39 is 12.1 Å². The monoisotopic (exact) mass is 307 g/mol. The predicted octanol–water partition coefficient (Wildman–Crippen LogP) is 0.965. The third-order valence-electron chi connectivity index (χ3n) is 3.54. The van der Waals surface area contributed by atoms with Gasteiger partial charge in [-0.15, -0.1) is 11.6 Å². The highest BCUT2D eigenvalue weighted by Gasteiger charge is 2.55. The Morgan fingerprint density at radius 2 is 2.00 bits per heavy atom. The maximum atomic E-state index is 11.6. The molecule has 4 atom stereocenters. The molecule has 20 heavy (non-hydrogen) atoms. The second-order valence-electron chi connectivity index (χ2n) is 5.50. The molecule has 2 rings (SSSR count). The third kappa shape index (κ3) is 3.26. The second-order valence-corrected chi connectivity index (χ2v) is 5.88. The number of halogens is 1. The normalized spacial score (nSPS) is 35.0. The van der Waals surface area contributed by atoms with E-state index in [1.165, 1.54) is 6.92 Å². The molecule has 4 unspecified atom stereocenters. The Morgan fingerprint density at radius 1 is 1.35 bits per heavy atom. The molecule has 0 N–H and O–H groups in total. The number of hydrogen-bond acceptors (Lipinski definition) is 5. The van der Waals surface area contributed by atoms with Gasteiger partial charge in [0, 0.05) is 33.0 Å². The van der Waals surface area contributed by atoms with Crippen molar-refractivity contribution in [3.05, 3.63) is 0 Å². The molecule has 2 fully saturated rings. The Kier molecular flexibility index (Phi) is 4.92. The van der Waals surface area contributed by atoms with Crippen molar-refractivity contribution < 1.29 is 23.7 Å². The Balaban J connectivity index is 2.06. The SMILES string of the molecule is COC1OC(CN(CCCl)C(C)=O)C2OC(C)(C)OC12. The van der Waals surface area contributed by atoms with Crippen LogP contribution in [-0.2, 0) is 23.7 Å². The fraction of sp³-hybridized carbons (Fsp3) is 0.923. The minimum absolute atomic E-state index is 0.0372. The summed E-state index contributed by atoms with van der Waals surface area (Å²) >= 11 is 5.72. The topological polar surface area (TPSA) is 57.2 Å². The van der Waals surface area contributed by atoms with Crippen LogP contribution in [0.25, 0.3) is 0 Å². The van der Waals surface area contributed by atoms with Gasteiger partial charge in [0.25, 0.3) is 0 Å². The van der Waals surface area contributed by atoms with Crippen molar-refractivity contribution in [1.29, 1.82) is 0 Å². The average molecular weight is 308 g/mol. The molecule has 2 aliphatic heterocycles. The molecule has 1 amide bonds. The third-order valence-corrected chi connectivity index (χ3v) is 3.71. The van der Waals surface area contributed by atoms with E-state index in [4.69, 9.17) is 30.5 Å². The second kappa shape index (κ2) is 6.15. The van der Waals surface area contributed by atoms with Gasteiger partial charge in [-0.2, -0.15) is 0 Å². The standard InChI is InChI=1S/C13H22ClNO5/c1-8(16)15(6-5-14)7-9-10-11(12(17-4)18-9)20-13(2,3)19-10/h9-12H,5-7H2,1-4H3. The maximum Gasteiger partial charge on any atom is 0.219 e. The van der Waals surface area contributed by atoms with Crippen LogP contribution >= 0.6 is 11.6 Å². The zero-order chi connectivity index (χ0) is 14.9. The number of amides is 1. The number of rotatable bonds is 5. The van der Waals surface area contributed by atoms with Crippen LogP contribution in [0.2, 0.25) is 0 Å². The zero-order valence-corrected chi connectivity index (χ0v) is 13.1. The summed E-state index contributed by atoms with van der Waals surface area (Å²) in [7, 11) is 1.57. The number of carbonyl (C=O) groups is 1. The lowest BCUT2D eigenvalue weighted by molar-refractivity contribution is -0.228. The zero-order valence-electron chi connectivity index (χ0n) is 12.3. The van der Waals surface area contributed by atoms with Crippen molar-refractivity contribution >= 4 is 17.5 Å². The van der Waals surface area contributed by atoms with Crippen LogP contribution in [0.5, 0.6) is 0 Å². The highest BCUT2D eigenvalue weighted by atomic mass is 35.5. The number of methoxy groups -OCH3 is 1. The van der Waals surface area contributed by atoms with Crippen LogP contribution in [0, 0.1) is 0 Å². The number of carbonyl (C=O) groups excluding carboxylic acids is 1. The van der Waals surface area contributed by atoms with E-state index in [9.17, 15) is 4.79 Å². The van der Waals surface area contributed by atoms with Crippen molar-refractivity contribution in [2.45, 2.75) is 51.2 Å². The summed E-state index contributed by atoms with van der Waals surface area (Å²) in [6.07, 6.45) is -1.27. The van der Waals surface area contributed by atoms with Gasteiger partial charge in [0.1, 0.15) is 18.3 Å². The summed E-state index contributed by atoms with van der Waals surface area (Å²) in [5.41, 5.74) is 0. The highest BCUT2D eigenvalue weighted by molar-refractivity contribution is 6.18. The molecule has 2 saturated heterocycles. The van der Waals surface area contributed by atoms with E-state index in [0.717, 1.165) is 0 Å². The van der Waals surface area contributed by atoms with Crippen LogP contribution in [0.4, 0.5) is 0 Å².